The number of anilines is 3. The van der Waals surface area contributed by atoms with E-state index in [-0.39, 0.29) is 5.56 Å². The van der Waals surface area contributed by atoms with E-state index in [1.807, 2.05) is 30.3 Å². The van der Waals surface area contributed by atoms with E-state index in [2.05, 4.69) is 28.4 Å². The van der Waals surface area contributed by atoms with E-state index in [1.165, 1.54) is 11.1 Å². The van der Waals surface area contributed by atoms with Crippen LogP contribution < -0.4 is 15.0 Å². The fourth-order valence-corrected chi connectivity index (χ4v) is 3.40. The summed E-state index contributed by atoms with van der Waals surface area (Å²) in [4.78, 5) is 13.7. The number of carboxylic acids is 1. The van der Waals surface area contributed by atoms with Crippen molar-refractivity contribution < 1.29 is 14.6 Å². The van der Waals surface area contributed by atoms with Crippen molar-refractivity contribution in [1.82, 2.24) is 0 Å². The molecule has 0 bridgehead atoms. The van der Waals surface area contributed by atoms with Crippen LogP contribution in [0.4, 0.5) is 17.1 Å². The van der Waals surface area contributed by atoms with E-state index in [0.717, 1.165) is 30.2 Å². The van der Waals surface area contributed by atoms with Gasteiger partial charge in [0.05, 0.1) is 18.4 Å². The molecule has 0 saturated carbocycles. The summed E-state index contributed by atoms with van der Waals surface area (Å²) in [7, 11) is 1.67. The number of hydrogen-bond acceptors (Lipinski definition) is 4. The second-order valence-corrected chi connectivity index (χ2v) is 6.52. The van der Waals surface area contributed by atoms with Crippen molar-refractivity contribution in [2.45, 2.75) is 13.1 Å². The lowest BCUT2D eigenvalue weighted by Gasteiger charge is -2.18. The van der Waals surface area contributed by atoms with E-state index in [4.69, 9.17) is 4.74 Å². The summed E-state index contributed by atoms with van der Waals surface area (Å²) in [5, 5.41) is 12.6. The number of para-hydroxylation sites is 1. The Labute approximate surface area is 157 Å². The van der Waals surface area contributed by atoms with Gasteiger partial charge in [-0.15, -0.1) is 0 Å². The van der Waals surface area contributed by atoms with E-state index < -0.39 is 5.97 Å². The number of nitrogens with zero attached hydrogens (tertiary/aromatic N) is 1. The van der Waals surface area contributed by atoms with Gasteiger partial charge in [-0.1, -0.05) is 24.3 Å². The second-order valence-electron chi connectivity index (χ2n) is 6.52. The van der Waals surface area contributed by atoms with Crippen molar-refractivity contribution in [3.63, 3.8) is 0 Å². The first-order valence-corrected chi connectivity index (χ1v) is 8.74. The summed E-state index contributed by atoms with van der Waals surface area (Å²) >= 11 is 0. The molecule has 0 atom stereocenters. The second kappa shape index (κ2) is 7.03. The van der Waals surface area contributed by atoms with Crippen molar-refractivity contribution in [2.75, 3.05) is 17.3 Å². The highest BCUT2D eigenvalue weighted by molar-refractivity contribution is 5.95. The molecule has 3 aromatic carbocycles. The molecule has 1 aliphatic rings. The summed E-state index contributed by atoms with van der Waals surface area (Å²) < 4.78 is 5.32. The Morgan fingerprint density at radius 3 is 2.63 bits per heavy atom. The van der Waals surface area contributed by atoms with Crippen LogP contribution >= 0.6 is 0 Å². The van der Waals surface area contributed by atoms with Crippen molar-refractivity contribution in [3.05, 3.63) is 83.4 Å². The normalized spacial score (nSPS) is 12.6. The Kier molecular flexibility index (Phi) is 4.42. The largest absolute Gasteiger partial charge is 0.497 e. The van der Waals surface area contributed by atoms with Gasteiger partial charge in [0.1, 0.15) is 5.75 Å². The van der Waals surface area contributed by atoms with E-state index in [9.17, 15) is 9.90 Å². The van der Waals surface area contributed by atoms with E-state index in [1.54, 1.807) is 25.3 Å². The molecule has 0 radical (unpaired) electrons. The average Bonchev–Trinajstić information content (AvgIpc) is 3.12. The maximum atomic E-state index is 11.4. The van der Waals surface area contributed by atoms with Gasteiger partial charge in [0.25, 0.3) is 0 Å². The minimum Gasteiger partial charge on any atom is -0.497 e. The van der Waals surface area contributed by atoms with Crippen LogP contribution in [0.2, 0.25) is 0 Å². The van der Waals surface area contributed by atoms with Gasteiger partial charge < -0.3 is 20.1 Å². The van der Waals surface area contributed by atoms with Crippen molar-refractivity contribution in [3.8, 4) is 5.75 Å². The number of fused-ring (bicyclic) bond motifs is 1. The third-order valence-electron chi connectivity index (χ3n) is 4.78. The summed E-state index contributed by atoms with van der Waals surface area (Å²) in [6.07, 6.45) is 0. The van der Waals surface area contributed by atoms with Crippen LogP contribution in [-0.4, -0.2) is 18.2 Å². The summed E-state index contributed by atoms with van der Waals surface area (Å²) in [5.74, 6) is -0.0976. The quantitative estimate of drug-likeness (QED) is 0.693. The molecule has 0 amide bonds. The number of carboxylic acid groups (broad SMARTS) is 1. The molecule has 0 aliphatic carbocycles. The van der Waals surface area contributed by atoms with E-state index in [0.29, 0.717) is 5.69 Å². The molecular weight excluding hydrogens is 340 g/mol. The van der Waals surface area contributed by atoms with Gasteiger partial charge in [-0.05, 0) is 47.5 Å². The highest BCUT2D eigenvalue weighted by Gasteiger charge is 2.20. The summed E-state index contributed by atoms with van der Waals surface area (Å²) in [5.41, 5.74) is 5.36. The molecule has 1 heterocycles. The van der Waals surface area contributed by atoms with Gasteiger partial charge in [-0.25, -0.2) is 4.79 Å². The van der Waals surface area contributed by atoms with Crippen LogP contribution in [0, 0.1) is 0 Å². The van der Waals surface area contributed by atoms with Gasteiger partial charge >= 0.3 is 5.97 Å². The van der Waals surface area contributed by atoms with Crippen molar-refractivity contribution in [1.29, 1.82) is 0 Å². The number of ether oxygens (including phenoxy) is 1. The monoisotopic (exact) mass is 360 g/mol. The first-order valence-electron chi connectivity index (χ1n) is 8.74. The molecule has 0 fully saturated rings. The molecule has 2 N–H and O–H groups in total. The fraction of sp³-hybridized carbons (Fsp3) is 0.136. The summed E-state index contributed by atoms with van der Waals surface area (Å²) in [6, 6.07) is 21.2. The number of rotatable bonds is 5. The molecule has 0 spiro atoms. The number of benzene rings is 3. The molecule has 1 aliphatic heterocycles. The van der Waals surface area contributed by atoms with Gasteiger partial charge in [-0.3, -0.25) is 0 Å². The fourth-order valence-electron chi connectivity index (χ4n) is 3.40. The van der Waals surface area contributed by atoms with Gasteiger partial charge in [-0.2, -0.15) is 0 Å². The summed E-state index contributed by atoms with van der Waals surface area (Å²) in [6.45, 7) is 1.65. The first-order chi connectivity index (χ1) is 13.1. The van der Waals surface area contributed by atoms with Gasteiger partial charge in [0.15, 0.2) is 0 Å². The Morgan fingerprint density at radius 1 is 1.00 bits per heavy atom. The van der Waals surface area contributed by atoms with Crippen molar-refractivity contribution >= 4 is 23.0 Å². The van der Waals surface area contributed by atoms with E-state index >= 15 is 0 Å². The topological polar surface area (TPSA) is 61.8 Å². The lowest BCUT2D eigenvalue weighted by Crippen LogP contribution is -2.14. The maximum absolute atomic E-state index is 11.4. The molecule has 27 heavy (non-hydrogen) atoms. The Hall–Kier alpha value is -3.47. The predicted octanol–water partition coefficient (Wildman–Crippen LogP) is 4.66. The Balaban J connectivity index is 1.56. The van der Waals surface area contributed by atoms with Crippen LogP contribution in [-0.2, 0) is 13.1 Å². The minimum absolute atomic E-state index is 0.260. The number of nitrogens with one attached hydrogen (secondary N) is 1. The van der Waals surface area contributed by atoms with Crippen molar-refractivity contribution in [2.24, 2.45) is 0 Å². The zero-order valence-electron chi connectivity index (χ0n) is 15.0. The Morgan fingerprint density at radius 2 is 1.81 bits per heavy atom. The van der Waals surface area contributed by atoms with Crippen LogP contribution in [0.15, 0.2) is 66.7 Å². The average molecular weight is 360 g/mol. The molecule has 0 aromatic heterocycles. The molecule has 5 heteroatoms. The lowest BCUT2D eigenvalue weighted by molar-refractivity contribution is 0.0698. The maximum Gasteiger partial charge on any atom is 0.337 e. The molecule has 3 aromatic rings. The smallest absolute Gasteiger partial charge is 0.337 e. The molecular formula is C22H20N2O3. The van der Waals surface area contributed by atoms with Crippen LogP contribution in [0.25, 0.3) is 0 Å². The lowest BCUT2D eigenvalue weighted by atomic mass is 10.1. The highest BCUT2D eigenvalue weighted by atomic mass is 16.5. The van der Waals surface area contributed by atoms with Crippen LogP contribution in [0.5, 0.6) is 5.75 Å². The number of methoxy groups -OCH3 is 1. The predicted molar refractivity (Wildman–Crippen MR) is 106 cm³/mol. The number of hydrogen-bond donors (Lipinski definition) is 2. The van der Waals surface area contributed by atoms with Gasteiger partial charge in [0, 0.05) is 30.5 Å². The molecule has 4 rings (SSSR count). The first kappa shape index (κ1) is 17.0. The van der Waals surface area contributed by atoms with Crippen LogP contribution in [0.3, 0.4) is 0 Å². The third kappa shape index (κ3) is 3.44. The zero-order chi connectivity index (χ0) is 18.8. The SMILES string of the molecule is COc1cccc(N2Cc3ccc(Nc4ccccc4C(=O)O)cc3C2)c1. The number of carbonyl (C=O) groups is 1. The molecule has 136 valence electrons. The zero-order valence-corrected chi connectivity index (χ0v) is 15.0. The molecule has 0 unspecified atom stereocenters. The van der Waals surface area contributed by atoms with Gasteiger partial charge in [0.2, 0.25) is 0 Å². The Bertz CT molecular complexity index is 1000. The highest BCUT2D eigenvalue weighted by Crippen LogP contribution is 2.32. The minimum atomic E-state index is -0.941. The number of aromatic carboxylic acids is 1. The third-order valence-corrected chi connectivity index (χ3v) is 4.78. The molecule has 0 saturated heterocycles. The van der Waals surface area contributed by atoms with Crippen LogP contribution in [0.1, 0.15) is 21.5 Å². The molecule has 5 nitrogen and oxygen atoms in total. The standard InChI is InChI=1S/C22H20N2O3/c1-27-19-6-4-5-18(12-19)24-13-15-9-10-17(11-16(15)14-24)23-21-8-3-2-7-20(21)22(25)26/h2-12,23H,13-14H2,1H3,(H,25,26).